The Morgan fingerprint density at radius 1 is 0.500 bits per heavy atom. The smallest absolute Gasteiger partial charge is 2.00 e. The summed E-state index contributed by atoms with van der Waals surface area (Å²) in [6.45, 7) is 0. The van der Waals surface area contributed by atoms with Crippen LogP contribution in [0.1, 0.15) is 0 Å². The van der Waals surface area contributed by atoms with Gasteiger partial charge < -0.3 is 16.4 Å². The third-order valence-electron chi connectivity index (χ3n) is 0. The van der Waals surface area contributed by atoms with Crippen LogP contribution in [0.5, 0.6) is 0 Å². The van der Waals surface area contributed by atoms with Crippen molar-refractivity contribution >= 4 is 75.5 Å². The van der Waals surface area contributed by atoms with Crippen LogP contribution in [0.4, 0.5) is 0 Å². The monoisotopic (exact) mass is 183 g/mol. The molecule has 0 N–H and O–H groups in total. The number of hydrogen-bond donors (Lipinski definition) is 0. The van der Waals surface area contributed by atoms with E-state index >= 15 is 0 Å². The summed E-state index contributed by atoms with van der Waals surface area (Å²) < 4.78 is 0. The predicted octanol–water partition coefficient (Wildman–Crippen LogP) is -1.12. The van der Waals surface area contributed by atoms with E-state index < -0.39 is 0 Å². The summed E-state index contributed by atoms with van der Waals surface area (Å²) in [6, 6.07) is 0. The average molecular weight is 183 g/mol. The molecule has 0 spiro atoms. The van der Waals surface area contributed by atoms with E-state index in [4.69, 9.17) is 0 Å². The summed E-state index contributed by atoms with van der Waals surface area (Å²) in [7, 11) is 0. The van der Waals surface area contributed by atoms with Gasteiger partial charge >= 0.3 is 92.5 Å². The second-order valence-corrected chi connectivity index (χ2v) is 0. The van der Waals surface area contributed by atoms with E-state index in [9.17, 15) is 0 Å². The van der Waals surface area contributed by atoms with Crippen LogP contribution >= 0.6 is 0 Å². The molecule has 0 aromatic carbocycles. The zero-order chi connectivity index (χ0) is 0. The minimum absolute atomic E-state index is 0. The molecule has 0 aliphatic heterocycles. The fourth-order valence-corrected chi connectivity index (χ4v) is 0. The van der Waals surface area contributed by atoms with Gasteiger partial charge in [-0.2, -0.15) is 0 Å². The summed E-state index contributed by atoms with van der Waals surface area (Å²) in [5, 5.41) is 0. The Morgan fingerprint density at radius 2 is 0.500 bits per heavy atom. The molecular weight excluding hydrogens is 183 g/mol. The molecule has 0 heterocycles. The van der Waals surface area contributed by atoms with Gasteiger partial charge in [0.15, 0.2) is 0 Å². The van der Waals surface area contributed by atoms with Crippen LogP contribution in [0.2, 0.25) is 0 Å². The molecule has 29 valence electrons. The van der Waals surface area contributed by atoms with Gasteiger partial charge in [0, 0.05) is 0 Å². The van der Waals surface area contributed by atoms with Gasteiger partial charge in [0.05, 0.1) is 0 Å². The van der Waals surface area contributed by atoms with E-state index in [0.717, 1.165) is 0 Å². The second kappa shape index (κ2) is 44.5. The van der Waals surface area contributed by atoms with E-state index in [-0.39, 0.29) is 109 Å². The molecule has 6 heteroatoms. The Balaban J connectivity index is 0. The summed E-state index contributed by atoms with van der Waals surface area (Å²) in [5.41, 5.74) is 0. The molecule has 0 aromatic heterocycles. The maximum absolute atomic E-state index is 0. The molecule has 0 unspecified atom stereocenters. The van der Waals surface area contributed by atoms with E-state index in [2.05, 4.69) is 0 Å². The minimum atomic E-state index is 0. The first-order chi connectivity index (χ1) is 0. The SMILES string of the molecule is [Ca+2].[Ca+2].[Mn+2].[O-2].[O-2].[O-2]. The Bertz CT molecular complexity index is 8.75. The first-order valence-electron chi connectivity index (χ1n) is 0. The van der Waals surface area contributed by atoms with Crippen molar-refractivity contribution in [2.24, 2.45) is 0 Å². The van der Waals surface area contributed by atoms with E-state index in [0.29, 0.717) is 0 Å². The van der Waals surface area contributed by atoms with Gasteiger partial charge in [-0.05, 0) is 0 Å². The Hall–Kier alpha value is 2.92. The summed E-state index contributed by atoms with van der Waals surface area (Å²) >= 11 is 0. The number of hydrogen-bond acceptors (Lipinski definition) is 0. The van der Waals surface area contributed by atoms with Crippen molar-refractivity contribution in [1.82, 2.24) is 0 Å². The van der Waals surface area contributed by atoms with Crippen LogP contribution in [-0.4, -0.2) is 75.5 Å². The molecule has 0 saturated heterocycles. The summed E-state index contributed by atoms with van der Waals surface area (Å²) in [4.78, 5) is 0. The fourth-order valence-electron chi connectivity index (χ4n) is 0. The normalized spacial score (nSPS) is 0. The predicted molar refractivity (Wildman–Crippen MR) is 13.6 cm³/mol. The van der Waals surface area contributed by atoms with Crippen LogP contribution in [-0.2, 0) is 33.5 Å². The molecule has 0 fully saturated rings. The quantitative estimate of drug-likeness (QED) is 0.426. The molecule has 0 aliphatic carbocycles. The van der Waals surface area contributed by atoms with Crippen LogP contribution in [0, 0.1) is 0 Å². The first kappa shape index (κ1) is 65.6. The van der Waals surface area contributed by atoms with Crippen molar-refractivity contribution in [1.29, 1.82) is 0 Å². The zero-order valence-electron chi connectivity index (χ0n) is 3.02. The molecule has 0 bridgehead atoms. The zero-order valence-corrected chi connectivity index (χ0v) is 8.61. The van der Waals surface area contributed by atoms with Gasteiger partial charge in [0.1, 0.15) is 0 Å². The fraction of sp³-hybridized carbons (Fsp3) is 0. The van der Waals surface area contributed by atoms with Crippen LogP contribution < -0.4 is 0 Å². The molecule has 0 aromatic rings. The Labute approximate surface area is 107 Å². The van der Waals surface area contributed by atoms with Gasteiger partial charge in [0.25, 0.3) is 0 Å². The minimum Gasteiger partial charge on any atom is -2.00 e. The molecule has 0 saturated carbocycles. The maximum Gasteiger partial charge on any atom is 2.00 e. The number of rotatable bonds is 0. The molecule has 0 amide bonds. The molecular formula is Ca2MnO3. The Kier molecular flexibility index (Phi) is 487. The summed E-state index contributed by atoms with van der Waals surface area (Å²) in [6.07, 6.45) is 0. The molecule has 6 heavy (non-hydrogen) atoms. The van der Waals surface area contributed by atoms with Crippen molar-refractivity contribution in [3.05, 3.63) is 0 Å². The standard InChI is InChI=1S/2Ca.Mn.3O/q3*+2;3*-2. The van der Waals surface area contributed by atoms with E-state index in [1.807, 2.05) is 0 Å². The third kappa shape index (κ3) is 28.4. The van der Waals surface area contributed by atoms with Gasteiger partial charge in [-0.15, -0.1) is 0 Å². The van der Waals surface area contributed by atoms with Crippen molar-refractivity contribution in [2.45, 2.75) is 0 Å². The van der Waals surface area contributed by atoms with Crippen molar-refractivity contribution in [3.63, 3.8) is 0 Å². The first-order valence-corrected chi connectivity index (χ1v) is 0. The largest absolute Gasteiger partial charge is 2.00 e. The molecule has 0 aliphatic rings. The van der Waals surface area contributed by atoms with Crippen molar-refractivity contribution < 1.29 is 33.5 Å². The van der Waals surface area contributed by atoms with Crippen molar-refractivity contribution in [3.8, 4) is 0 Å². The topological polar surface area (TPSA) is 85.5 Å². The Morgan fingerprint density at radius 3 is 0.500 bits per heavy atom. The van der Waals surface area contributed by atoms with E-state index in [1.165, 1.54) is 0 Å². The van der Waals surface area contributed by atoms with Gasteiger partial charge in [-0.25, -0.2) is 0 Å². The van der Waals surface area contributed by atoms with Crippen LogP contribution in [0.25, 0.3) is 0 Å². The van der Waals surface area contributed by atoms with Gasteiger partial charge in [-0.1, -0.05) is 0 Å². The van der Waals surface area contributed by atoms with Crippen LogP contribution in [0.3, 0.4) is 0 Å². The summed E-state index contributed by atoms with van der Waals surface area (Å²) in [5.74, 6) is 0. The van der Waals surface area contributed by atoms with Gasteiger partial charge in [-0.3, -0.25) is 0 Å². The third-order valence-corrected chi connectivity index (χ3v) is 0. The molecule has 3 nitrogen and oxygen atoms in total. The maximum atomic E-state index is 0. The molecule has 0 rings (SSSR count). The second-order valence-electron chi connectivity index (χ2n) is 0. The molecule has 0 atom stereocenters. The van der Waals surface area contributed by atoms with Gasteiger partial charge in [0.2, 0.25) is 0 Å². The average Bonchev–Trinajstić information content (AvgIpc) is 0. The van der Waals surface area contributed by atoms with E-state index in [1.54, 1.807) is 0 Å². The van der Waals surface area contributed by atoms with Crippen molar-refractivity contribution in [2.75, 3.05) is 0 Å². The molecule has 1 radical (unpaired) electrons. The van der Waals surface area contributed by atoms with Crippen LogP contribution in [0.15, 0.2) is 0 Å².